The average Bonchev–Trinajstić information content (AvgIpc) is 2.10. The molecule has 0 spiro atoms. The van der Waals surface area contributed by atoms with E-state index in [1.165, 1.54) is 12.8 Å². The zero-order chi connectivity index (χ0) is 6.41. The molecule has 0 nitrogen and oxygen atoms in total. The zero-order valence-electron chi connectivity index (χ0n) is 5.17. The maximum Gasteiger partial charge on any atom is 0.0865 e. The Hall–Kier alpha value is 0.960. The van der Waals surface area contributed by atoms with Gasteiger partial charge < -0.3 is 0 Å². The van der Waals surface area contributed by atoms with Crippen molar-refractivity contribution in [3.63, 3.8) is 0 Å². The molecule has 0 aromatic carbocycles. The van der Waals surface area contributed by atoms with Crippen LogP contribution in [0.25, 0.3) is 0 Å². The zero-order valence-corrected chi connectivity index (χ0v) is 8.34. The summed E-state index contributed by atoms with van der Waals surface area (Å²) in [4.78, 5) is 0. The Bertz CT molecular complexity index is 109. The molecule has 0 bridgehead atoms. The minimum atomic E-state index is 0.280. The van der Waals surface area contributed by atoms with Crippen LogP contribution in [0.2, 0.25) is 0 Å². The van der Waals surface area contributed by atoms with Gasteiger partial charge in [-0.2, -0.15) is 0 Å². The Morgan fingerprint density at radius 1 is 1.50 bits per heavy atom. The van der Waals surface area contributed by atoms with Crippen LogP contribution < -0.4 is 0 Å². The van der Waals surface area contributed by atoms with Gasteiger partial charge in [-0.25, -0.2) is 0 Å². The van der Waals surface area contributed by atoms with Crippen LogP contribution in [-0.4, -0.2) is 3.23 Å². The highest BCUT2D eigenvalue weighted by Gasteiger charge is 2.59. The van der Waals surface area contributed by atoms with Gasteiger partial charge in [0, 0.05) is 0 Å². The first-order valence-corrected chi connectivity index (χ1v) is 4.48. The summed E-state index contributed by atoms with van der Waals surface area (Å²) in [7, 11) is 0. The molecule has 0 radical (unpaired) electrons. The first-order valence-electron chi connectivity index (χ1n) is 2.90. The minimum absolute atomic E-state index is 0.280. The van der Waals surface area contributed by atoms with E-state index in [0.29, 0.717) is 5.41 Å². The van der Waals surface area contributed by atoms with E-state index in [-0.39, 0.29) is 3.23 Å². The Balaban J connectivity index is 2.55. The highest BCUT2D eigenvalue weighted by atomic mass is 79.9. The lowest BCUT2D eigenvalue weighted by molar-refractivity contribution is 0.550. The lowest BCUT2D eigenvalue weighted by Gasteiger charge is -2.06. The van der Waals surface area contributed by atoms with Crippen molar-refractivity contribution >= 4 is 31.9 Å². The normalized spacial score (nSPS) is 42.0. The lowest BCUT2D eigenvalue weighted by atomic mass is 10.1. The van der Waals surface area contributed by atoms with Crippen LogP contribution in [0.15, 0.2) is 0 Å². The second kappa shape index (κ2) is 1.72. The Morgan fingerprint density at radius 2 is 1.88 bits per heavy atom. The molecule has 1 rings (SSSR count). The maximum atomic E-state index is 3.59. The van der Waals surface area contributed by atoms with E-state index in [1.807, 2.05) is 0 Å². The number of rotatable bonds is 1. The van der Waals surface area contributed by atoms with Crippen LogP contribution in [0, 0.1) is 5.41 Å². The minimum Gasteiger partial charge on any atom is -0.0721 e. The summed E-state index contributed by atoms with van der Waals surface area (Å²) in [6.45, 7) is 4.51. The first kappa shape index (κ1) is 7.07. The van der Waals surface area contributed by atoms with Crippen LogP contribution in [0.3, 0.4) is 0 Å². The summed E-state index contributed by atoms with van der Waals surface area (Å²) in [6, 6.07) is 0. The van der Waals surface area contributed by atoms with E-state index < -0.39 is 0 Å². The van der Waals surface area contributed by atoms with E-state index in [2.05, 4.69) is 45.7 Å². The quantitative estimate of drug-likeness (QED) is 0.619. The molecular formula is C6H10Br2. The van der Waals surface area contributed by atoms with Gasteiger partial charge in [0.25, 0.3) is 0 Å². The number of halogens is 2. The summed E-state index contributed by atoms with van der Waals surface area (Å²) < 4.78 is 0.280. The second-order valence-corrected chi connectivity index (χ2v) is 6.57. The Labute approximate surface area is 67.3 Å². The Kier molecular flexibility index (Phi) is 1.52. The van der Waals surface area contributed by atoms with Crippen LogP contribution in [0.5, 0.6) is 0 Å². The smallest absolute Gasteiger partial charge is 0.0721 e. The largest absolute Gasteiger partial charge is 0.0865 e. The van der Waals surface area contributed by atoms with E-state index in [4.69, 9.17) is 0 Å². The third kappa shape index (κ3) is 0.860. The predicted molar refractivity (Wildman–Crippen MR) is 43.6 cm³/mol. The standard InChI is InChI=1S/C6H10Br2/c1-3-5(2)4-6(5,7)8/h3-4H2,1-2H3/t5-/m0/s1. The van der Waals surface area contributed by atoms with Crippen molar-refractivity contribution in [1.82, 2.24) is 0 Å². The molecule has 1 atom stereocenters. The molecule has 1 aliphatic carbocycles. The number of hydrogen-bond donors (Lipinski definition) is 0. The molecule has 0 aliphatic heterocycles. The molecule has 1 saturated carbocycles. The van der Waals surface area contributed by atoms with Gasteiger partial charge in [-0.15, -0.1) is 0 Å². The molecule has 48 valence electrons. The van der Waals surface area contributed by atoms with Crippen molar-refractivity contribution in [2.24, 2.45) is 5.41 Å². The summed E-state index contributed by atoms with van der Waals surface area (Å²) in [5.74, 6) is 0. The highest BCUT2D eigenvalue weighted by Crippen LogP contribution is 2.67. The molecule has 0 unspecified atom stereocenters. The van der Waals surface area contributed by atoms with E-state index >= 15 is 0 Å². The van der Waals surface area contributed by atoms with Crippen molar-refractivity contribution in [3.05, 3.63) is 0 Å². The van der Waals surface area contributed by atoms with Crippen LogP contribution >= 0.6 is 31.9 Å². The van der Waals surface area contributed by atoms with E-state index in [0.717, 1.165) is 0 Å². The molecule has 1 fully saturated rings. The van der Waals surface area contributed by atoms with Gasteiger partial charge in [0.15, 0.2) is 0 Å². The molecule has 2 heteroatoms. The lowest BCUT2D eigenvalue weighted by Crippen LogP contribution is -1.99. The van der Waals surface area contributed by atoms with Crippen LogP contribution in [0.1, 0.15) is 26.7 Å². The predicted octanol–water partition coefficient (Wildman–Crippen LogP) is 3.29. The molecule has 0 aromatic rings. The first-order chi connectivity index (χ1) is 3.52. The fraction of sp³-hybridized carbons (Fsp3) is 1.00. The van der Waals surface area contributed by atoms with Gasteiger partial charge in [0.05, 0.1) is 3.23 Å². The van der Waals surface area contributed by atoms with Gasteiger partial charge in [0.1, 0.15) is 0 Å². The second-order valence-electron chi connectivity index (χ2n) is 2.80. The Morgan fingerprint density at radius 3 is 1.88 bits per heavy atom. The van der Waals surface area contributed by atoms with Crippen LogP contribution in [-0.2, 0) is 0 Å². The molecule has 8 heavy (non-hydrogen) atoms. The summed E-state index contributed by atoms with van der Waals surface area (Å²) in [5.41, 5.74) is 0.521. The molecule has 1 aliphatic rings. The SMILES string of the molecule is CC[C@@]1(C)CC1(Br)Br. The molecule has 0 saturated heterocycles. The fourth-order valence-electron chi connectivity index (χ4n) is 0.829. The van der Waals surface area contributed by atoms with Crippen LogP contribution in [0.4, 0.5) is 0 Å². The van der Waals surface area contributed by atoms with Gasteiger partial charge in [-0.3, -0.25) is 0 Å². The average molecular weight is 242 g/mol. The number of hydrogen-bond acceptors (Lipinski definition) is 0. The van der Waals surface area contributed by atoms with Crippen molar-refractivity contribution in [2.45, 2.75) is 29.9 Å². The van der Waals surface area contributed by atoms with Crippen molar-refractivity contribution in [1.29, 1.82) is 0 Å². The molecule has 0 N–H and O–H groups in total. The third-order valence-corrected chi connectivity index (χ3v) is 4.63. The van der Waals surface area contributed by atoms with Crippen molar-refractivity contribution in [2.75, 3.05) is 0 Å². The third-order valence-electron chi connectivity index (χ3n) is 2.15. The summed E-state index contributed by atoms with van der Waals surface area (Å²) in [6.07, 6.45) is 2.51. The van der Waals surface area contributed by atoms with Gasteiger partial charge in [-0.05, 0) is 18.3 Å². The van der Waals surface area contributed by atoms with E-state index in [1.54, 1.807) is 0 Å². The van der Waals surface area contributed by atoms with Gasteiger partial charge in [0.2, 0.25) is 0 Å². The number of alkyl halides is 2. The highest BCUT2D eigenvalue weighted by molar-refractivity contribution is 9.25. The van der Waals surface area contributed by atoms with Gasteiger partial charge in [-0.1, -0.05) is 45.7 Å². The fourth-order valence-corrected chi connectivity index (χ4v) is 2.63. The maximum absolute atomic E-state index is 3.59. The summed E-state index contributed by atoms with van der Waals surface area (Å²) >= 11 is 7.17. The molecular weight excluding hydrogens is 232 g/mol. The van der Waals surface area contributed by atoms with Crippen molar-refractivity contribution in [3.8, 4) is 0 Å². The van der Waals surface area contributed by atoms with Gasteiger partial charge >= 0.3 is 0 Å². The molecule has 0 aromatic heterocycles. The molecule has 0 heterocycles. The van der Waals surface area contributed by atoms with E-state index in [9.17, 15) is 0 Å². The molecule has 0 amide bonds. The van der Waals surface area contributed by atoms with Crippen molar-refractivity contribution < 1.29 is 0 Å². The summed E-state index contributed by atoms with van der Waals surface area (Å²) in [5, 5.41) is 0. The monoisotopic (exact) mass is 240 g/mol. The topological polar surface area (TPSA) is 0 Å².